The monoisotopic (exact) mass is 470 g/mol. The summed E-state index contributed by atoms with van der Waals surface area (Å²) in [6, 6.07) is 20.1. The number of nitrogens with zero attached hydrogens (tertiary/aromatic N) is 4. The van der Waals surface area contributed by atoms with Crippen LogP contribution in [0.1, 0.15) is 45.8 Å². The molecule has 0 spiro atoms. The van der Waals surface area contributed by atoms with Crippen molar-refractivity contribution in [1.29, 1.82) is 0 Å². The first-order chi connectivity index (χ1) is 16.8. The molecule has 2 aromatic heterocycles. The minimum atomic E-state index is -0.682. The fourth-order valence-electron chi connectivity index (χ4n) is 3.94. The van der Waals surface area contributed by atoms with E-state index in [1.807, 2.05) is 24.3 Å². The van der Waals surface area contributed by atoms with E-state index >= 15 is 0 Å². The van der Waals surface area contributed by atoms with Crippen molar-refractivity contribution in [3.8, 4) is 0 Å². The van der Waals surface area contributed by atoms with Crippen molar-refractivity contribution < 1.29 is 14.6 Å². The van der Waals surface area contributed by atoms with Crippen molar-refractivity contribution >= 4 is 11.4 Å². The van der Waals surface area contributed by atoms with Crippen LogP contribution in [0.4, 0.5) is 11.4 Å². The van der Waals surface area contributed by atoms with Crippen LogP contribution in [-0.2, 0) is 4.74 Å². The molecule has 176 valence electrons. The summed E-state index contributed by atoms with van der Waals surface area (Å²) in [5.41, 5.74) is 3.99. The second-order valence-corrected chi connectivity index (χ2v) is 8.00. The smallest absolute Gasteiger partial charge is 0.269 e. The van der Waals surface area contributed by atoms with Gasteiger partial charge in [-0.15, -0.1) is 0 Å². The van der Waals surface area contributed by atoms with E-state index in [2.05, 4.69) is 9.97 Å². The van der Waals surface area contributed by atoms with Crippen molar-refractivity contribution in [3.63, 3.8) is 0 Å². The summed E-state index contributed by atoms with van der Waals surface area (Å²) in [5.74, 6) is 0. The highest BCUT2D eigenvalue weighted by molar-refractivity contribution is 5.44. The maximum atomic E-state index is 11.3. The number of benzene rings is 2. The van der Waals surface area contributed by atoms with Gasteiger partial charge in [0.2, 0.25) is 0 Å². The second kappa shape index (κ2) is 10.2. The predicted octanol–water partition coefficient (Wildman–Crippen LogP) is 5.81. The fraction of sp³-hybridized carbons (Fsp3) is 0.154. The molecule has 0 bridgehead atoms. The van der Waals surface area contributed by atoms with E-state index in [0.717, 1.165) is 11.1 Å². The van der Waals surface area contributed by atoms with Gasteiger partial charge >= 0.3 is 0 Å². The van der Waals surface area contributed by atoms with Gasteiger partial charge in [0.05, 0.1) is 21.2 Å². The lowest BCUT2D eigenvalue weighted by atomic mass is 9.97. The van der Waals surface area contributed by atoms with Crippen molar-refractivity contribution in [1.82, 2.24) is 9.97 Å². The summed E-state index contributed by atoms with van der Waals surface area (Å²) in [6.45, 7) is 3.57. The average Bonchev–Trinajstić information content (AvgIpc) is 2.86. The van der Waals surface area contributed by atoms with Crippen LogP contribution in [0.25, 0.3) is 0 Å². The molecule has 9 nitrogen and oxygen atoms in total. The van der Waals surface area contributed by atoms with E-state index < -0.39 is 22.1 Å². The van der Waals surface area contributed by atoms with Crippen LogP contribution in [0.3, 0.4) is 0 Å². The Morgan fingerprint density at radius 2 is 1.11 bits per heavy atom. The Balaban J connectivity index is 1.85. The Labute approximate surface area is 201 Å². The van der Waals surface area contributed by atoms with Crippen molar-refractivity contribution in [3.05, 3.63) is 139 Å². The summed E-state index contributed by atoms with van der Waals surface area (Å²) >= 11 is 0. The van der Waals surface area contributed by atoms with Crippen LogP contribution < -0.4 is 0 Å². The molecule has 2 aromatic carbocycles. The van der Waals surface area contributed by atoms with E-state index in [1.165, 1.54) is 24.3 Å². The van der Waals surface area contributed by atoms with Crippen LogP contribution in [-0.4, -0.2) is 19.8 Å². The lowest BCUT2D eigenvalue weighted by Gasteiger charge is -2.27. The minimum Gasteiger partial charge on any atom is -0.353 e. The number of hydrogen-bond acceptors (Lipinski definition) is 7. The number of non-ortho nitro benzene ring substituents is 2. The summed E-state index contributed by atoms with van der Waals surface area (Å²) in [6.07, 6.45) is 1.94. The van der Waals surface area contributed by atoms with E-state index in [1.54, 1.807) is 50.5 Å². The molecule has 0 N–H and O–H groups in total. The van der Waals surface area contributed by atoms with Crippen molar-refractivity contribution in [2.75, 3.05) is 0 Å². The standard InChI is InChI=1S/C26H22N4O5/c1-17-15-19(29(31)32)9-11-21(17)25(23-7-3-5-13-27-23)35-26(24-8-4-6-14-28-24)22-12-10-20(30(33)34)16-18(22)2/h3-16,25-26H,1-2H3. The molecule has 0 radical (unpaired) electrons. The van der Waals surface area contributed by atoms with Gasteiger partial charge in [-0.1, -0.05) is 12.1 Å². The normalized spacial score (nSPS) is 12.6. The van der Waals surface area contributed by atoms with Gasteiger partial charge in [-0.05, 0) is 72.5 Å². The van der Waals surface area contributed by atoms with Crippen molar-refractivity contribution in [2.45, 2.75) is 26.1 Å². The number of aryl methyl sites for hydroxylation is 2. The highest BCUT2D eigenvalue weighted by Gasteiger charge is 2.28. The first kappa shape index (κ1) is 23.7. The maximum Gasteiger partial charge on any atom is 0.269 e. The molecule has 4 rings (SSSR count). The molecule has 0 aliphatic carbocycles. The number of ether oxygens (including phenoxy) is 1. The van der Waals surface area contributed by atoms with Crippen LogP contribution >= 0.6 is 0 Å². The van der Waals surface area contributed by atoms with Gasteiger partial charge in [-0.2, -0.15) is 0 Å². The predicted molar refractivity (Wildman–Crippen MR) is 129 cm³/mol. The number of nitro groups is 2. The Bertz CT molecular complexity index is 1260. The van der Waals surface area contributed by atoms with E-state index in [9.17, 15) is 20.2 Å². The molecule has 9 heteroatoms. The number of nitro benzene ring substituents is 2. The van der Waals surface area contributed by atoms with Crippen LogP contribution in [0.2, 0.25) is 0 Å². The largest absolute Gasteiger partial charge is 0.353 e. The maximum absolute atomic E-state index is 11.3. The highest BCUT2D eigenvalue weighted by atomic mass is 16.6. The zero-order valence-corrected chi connectivity index (χ0v) is 19.1. The molecule has 2 heterocycles. The lowest BCUT2D eigenvalue weighted by molar-refractivity contribution is -0.385. The van der Waals surface area contributed by atoms with Gasteiger partial charge in [-0.3, -0.25) is 30.2 Å². The first-order valence-corrected chi connectivity index (χ1v) is 10.8. The highest BCUT2D eigenvalue weighted by Crippen LogP contribution is 2.38. The third-order valence-electron chi connectivity index (χ3n) is 5.68. The van der Waals surface area contributed by atoms with Gasteiger partial charge in [0, 0.05) is 36.7 Å². The molecule has 0 amide bonds. The zero-order valence-electron chi connectivity index (χ0n) is 19.1. The number of rotatable bonds is 8. The molecule has 0 aliphatic rings. The minimum absolute atomic E-state index is 0.0153. The Hall–Kier alpha value is -4.50. The van der Waals surface area contributed by atoms with E-state index in [0.29, 0.717) is 22.5 Å². The third kappa shape index (κ3) is 5.20. The van der Waals surface area contributed by atoms with E-state index in [4.69, 9.17) is 4.74 Å². The molecular weight excluding hydrogens is 448 g/mol. The van der Waals surface area contributed by atoms with Crippen LogP contribution in [0, 0.1) is 34.1 Å². The van der Waals surface area contributed by atoms with E-state index in [-0.39, 0.29) is 11.4 Å². The number of hydrogen-bond donors (Lipinski definition) is 0. The fourth-order valence-corrected chi connectivity index (χ4v) is 3.94. The van der Waals surface area contributed by atoms with Crippen molar-refractivity contribution in [2.24, 2.45) is 0 Å². The molecule has 0 aliphatic heterocycles. The lowest BCUT2D eigenvalue weighted by Crippen LogP contribution is -2.17. The quantitative estimate of drug-likeness (QED) is 0.235. The topological polar surface area (TPSA) is 121 Å². The number of pyridine rings is 2. The molecule has 35 heavy (non-hydrogen) atoms. The molecule has 0 fully saturated rings. The Morgan fingerprint density at radius 3 is 1.43 bits per heavy atom. The van der Waals surface area contributed by atoms with Gasteiger partial charge in [0.15, 0.2) is 0 Å². The zero-order chi connectivity index (χ0) is 24.9. The third-order valence-corrected chi connectivity index (χ3v) is 5.68. The Kier molecular flexibility index (Phi) is 6.88. The molecule has 4 aromatic rings. The summed E-state index contributed by atoms with van der Waals surface area (Å²) in [7, 11) is 0. The van der Waals surface area contributed by atoms with Gasteiger partial charge in [0.1, 0.15) is 12.2 Å². The Morgan fingerprint density at radius 1 is 0.686 bits per heavy atom. The summed E-state index contributed by atoms with van der Waals surface area (Å²) < 4.78 is 6.69. The molecule has 0 saturated heterocycles. The van der Waals surface area contributed by atoms with Gasteiger partial charge in [-0.25, -0.2) is 0 Å². The molecule has 2 unspecified atom stereocenters. The molecule has 0 saturated carbocycles. The van der Waals surface area contributed by atoms with Gasteiger partial charge < -0.3 is 4.74 Å². The van der Waals surface area contributed by atoms with Gasteiger partial charge in [0.25, 0.3) is 11.4 Å². The molecule has 2 atom stereocenters. The summed E-state index contributed by atoms with van der Waals surface area (Å²) in [4.78, 5) is 30.6. The number of aromatic nitrogens is 2. The molecular formula is C26H22N4O5. The van der Waals surface area contributed by atoms with Crippen LogP contribution in [0.15, 0.2) is 85.2 Å². The SMILES string of the molecule is Cc1cc([N+](=O)[O-])ccc1C(OC(c1ccccn1)c1ccc([N+](=O)[O-])cc1C)c1ccccn1. The van der Waals surface area contributed by atoms with Crippen LogP contribution in [0.5, 0.6) is 0 Å². The average molecular weight is 470 g/mol. The summed E-state index contributed by atoms with van der Waals surface area (Å²) in [5, 5.41) is 22.5. The second-order valence-electron chi connectivity index (χ2n) is 8.00. The first-order valence-electron chi connectivity index (χ1n) is 10.8.